The topological polar surface area (TPSA) is 122 Å². The fraction of sp³-hybridized carbons (Fsp3) is 0.423. The monoisotopic (exact) mass is 512 g/mol. The lowest BCUT2D eigenvalue weighted by molar-refractivity contribution is -0.139. The van der Waals surface area contributed by atoms with E-state index in [2.05, 4.69) is 14.7 Å². The highest BCUT2D eigenvalue weighted by molar-refractivity contribution is 7.87. The zero-order chi connectivity index (χ0) is 25.7. The Kier molecular flexibility index (Phi) is 8.17. The van der Waals surface area contributed by atoms with Crippen LogP contribution in [0, 0.1) is 0 Å². The van der Waals surface area contributed by atoms with Crippen LogP contribution in [-0.4, -0.2) is 51.9 Å². The van der Waals surface area contributed by atoms with Gasteiger partial charge in [-0.1, -0.05) is 31.4 Å². The van der Waals surface area contributed by atoms with Crippen LogP contribution in [0.2, 0.25) is 0 Å². The van der Waals surface area contributed by atoms with E-state index >= 15 is 0 Å². The second-order valence-electron chi connectivity index (χ2n) is 9.39. The number of carboxylic acids is 1. The van der Waals surface area contributed by atoms with Gasteiger partial charge in [-0.15, -0.1) is 0 Å². The van der Waals surface area contributed by atoms with Crippen LogP contribution in [0.3, 0.4) is 0 Å². The van der Waals surface area contributed by atoms with Crippen LogP contribution < -0.4 is 9.46 Å². The molecule has 1 saturated carbocycles. The van der Waals surface area contributed by atoms with Gasteiger partial charge in [0.05, 0.1) is 0 Å². The normalized spacial score (nSPS) is 15.9. The molecule has 1 aliphatic carbocycles. The lowest BCUT2D eigenvalue weighted by Crippen LogP contribution is -2.54. The third-order valence-electron chi connectivity index (χ3n) is 6.42. The van der Waals surface area contributed by atoms with Crippen molar-refractivity contribution in [3.8, 4) is 11.6 Å². The quantitative estimate of drug-likeness (QED) is 0.415. The van der Waals surface area contributed by atoms with Gasteiger partial charge in [0, 0.05) is 41.4 Å². The first-order valence-corrected chi connectivity index (χ1v) is 13.7. The number of aliphatic carboxylic acids is 1. The van der Waals surface area contributed by atoms with E-state index in [1.54, 1.807) is 42.9 Å². The Bertz CT molecular complexity index is 1290. The molecule has 0 amide bonds. The number of benzene rings is 1. The molecule has 4 rings (SSSR count). The van der Waals surface area contributed by atoms with Gasteiger partial charge in [-0.2, -0.15) is 17.4 Å². The van der Waals surface area contributed by atoms with Gasteiger partial charge >= 0.3 is 5.97 Å². The molecule has 0 spiro atoms. The molecular weight excluding hydrogens is 480 g/mol. The standard InChI is InChI=1S/C26H32N4O5S/c1-18(2)30(21-6-4-3-5-7-21)36(33,34)29-24(26(31)32)16-19-8-10-22(11-9-19)35-25-23-13-14-27-17-20(23)12-15-28-25/h8-15,17-18,21,24,29H,3-7,16H2,1-2H3,(H,31,32)/t24-/m0/s1. The van der Waals surface area contributed by atoms with Crippen molar-refractivity contribution < 1.29 is 23.1 Å². The van der Waals surface area contributed by atoms with Crippen molar-refractivity contribution in [2.24, 2.45) is 0 Å². The first-order chi connectivity index (χ1) is 17.2. The molecular formula is C26H32N4O5S. The largest absolute Gasteiger partial charge is 0.480 e. The van der Waals surface area contributed by atoms with Crippen molar-refractivity contribution in [1.29, 1.82) is 0 Å². The van der Waals surface area contributed by atoms with E-state index in [0.29, 0.717) is 17.2 Å². The highest BCUT2D eigenvalue weighted by atomic mass is 32.2. The molecule has 192 valence electrons. The van der Waals surface area contributed by atoms with Gasteiger partial charge in [0.2, 0.25) is 5.88 Å². The van der Waals surface area contributed by atoms with E-state index in [0.717, 1.165) is 42.9 Å². The lowest BCUT2D eigenvalue weighted by atomic mass is 9.95. The van der Waals surface area contributed by atoms with E-state index in [-0.39, 0.29) is 18.5 Å². The van der Waals surface area contributed by atoms with Crippen LogP contribution in [-0.2, 0) is 21.4 Å². The molecule has 3 aromatic rings. The van der Waals surface area contributed by atoms with Crippen LogP contribution in [0.15, 0.2) is 55.0 Å². The lowest BCUT2D eigenvalue weighted by Gasteiger charge is -2.36. The van der Waals surface area contributed by atoms with E-state index in [4.69, 9.17) is 4.74 Å². The number of nitrogens with zero attached hydrogens (tertiary/aromatic N) is 3. The first kappa shape index (κ1) is 26.0. The van der Waals surface area contributed by atoms with Crippen LogP contribution in [0.4, 0.5) is 0 Å². The van der Waals surface area contributed by atoms with Gasteiger partial charge in [0.25, 0.3) is 10.2 Å². The molecule has 0 unspecified atom stereocenters. The van der Waals surface area contributed by atoms with Gasteiger partial charge in [0.15, 0.2) is 0 Å². The number of ether oxygens (including phenoxy) is 1. The first-order valence-electron chi connectivity index (χ1n) is 12.2. The van der Waals surface area contributed by atoms with Gasteiger partial charge in [-0.25, -0.2) is 4.98 Å². The fourth-order valence-corrected chi connectivity index (χ4v) is 6.59. The summed E-state index contributed by atoms with van der Waals surface area (Å²) in [6, 6.07) is 8.89. The van der Waals surface area contributed by atoms with Gasteiger partial charge < -0.3 is 9.84 Å². The SMILES string of the molecule is CC(C)N(C1CCCCC1)S(=O)(=O)N[C@@H](Cc1ccc(Oc2nccc3cnccc23)cc1)C(=O)O. The summed E-state index contributed by atoms with van der Waals surface area (Å²) >= 11 is 0. The summed E-state index contributed by atoms with van der Waals surface area (Å²) in [7, 11) is -3.99. The van der Waals surface area contributed by atoms with Crippen molar-refractivity contribution in [2.45, 2.75) is 70.5 Å². The second kappa shape index (κ2) is 11.3. The van der Waals surface area contributed by atoms with E-state index in [1.807, 2.05) is 26.0 Å². The van der Waals surface area contributed by atoms with Crippen molar-refractivity contribution >= 4 is 27.0 Å². The Morgan fingerprint density at radius 1 is 1.11 bits per heavy atom. The Morgan fingerprint density at radius 2 is 1.83 bits per heavy atom. The van der Waals surface area contributed by atoms with E-state index in [9.17, 15) is 18.3 Å². The molecule has 1 aromatic carbocycles. The number of fused-ring (bicyclic) bond motifs is 1. The Balaban J connectivity index is 1.46. The van der Waals surface area contributed by atoms with Gasteiger partial charge in [-0.05, 0) is 62.9 Å². The number of rotatable bonds is 10. The predicted molar refractivity (Wildman–Crippen MR) is 137 cm³/mol. The van der Waals surface area contributed by atoms with Crippen LogP contribution in [0.25, 0.3) is 10.8 Å². The summed E-state index contributed by atoms with van der Waals surface area (Å²) in [5.74, 6) is -0.249. The number of pyridine rings is 2. The zero-order valence-corrected chi connectivity index (χ0v) is 21.3. The maximum atomic E-state index is 13.3. The number of hydrogen-bond acceptors (Lipinski definition) is 6. The highest BCUT2D eigenvalue weighted by Gasteiger charge is 2.36. The number of carboxylic acid groups (broad SMARTS) is 1. The summed E-state index contributed by atoms with van der Waals surface area (Å²) in [6.07, 6.45) is 9.68. The van der Waals surface area contributed by atoms with Crippen LogP contribution in [0.1, 0.15) is 51.5 Å². The minimum absolute atomic E-state index is 0.00360. The molecule has 0 aliphatic heterocycles. The Morgan fingerprint density at radius 3 is 2.50 bits per heavy atom. The van der Waals surface area contributed by atoms with Gasteiger partial charge in [-0.3, -0.25) is 9.78 Å². The number of carbonyl (C=O) groups is 1. The molecule has 2 aromatic heterocycles. The average Bonchev–Trinajstić information content (AvgIpc) is 2.85. The third-order valence-corrected chi connectivity index (χ3v) is 8.27. The summed E-state index contributed by atoms with van der Waals surface area (Å²) in [5, 5.41) is 11.5. The maximum absolute atomic E-state index is 13.3. The van der Waals surface area contributed by atoms with E-state index in [1.165, 1.54) is 4.31 Å². The molecule has 2 N–H and O–H groups in total. The third kappa shape index (κ3) is 6.18. The molecule has 1 atom stereocenters. The molecule has 1 aliphatic rings. The Labute approximate surface area is 211 Å². The van der Waals surface area contributed by atoms with Crippen LogP contribution >= 0.6 is 0 Å². The van der Waals surface area contributed by atoms with Crippen LogP contribution in [0.5, 0.6) is 11.6 Å². The molecule has 0 radical (unpaired) electrons. The van der Waals surface area contributed by atoms with Crippen molar-refractivity contribution in [3.05, 3.63) is 60.6 Å². The minimum Gasteiger partial charge on any atom is -0.480 e. The maximum Gasteiger partial charge on any atom is 0.322 e. The molecule has 0 bridgehead atoms. The smallest absolute Gasteiger partial charge is 0.322 e. The van der Waals surface area contributed by atoms with Crippen molar-refractivity contribution in [3.63, 3.8) is 0 Å². The second-order valence-corrected chi connectivity index (χ2v) is 11.0. The molecule has 0 saturated heterocycles. The predicted octanol–water partition coefficient (Wildman–Crippen LogP) is 4.30. The molecule has 36 heavy (non-hydrogen) atoms. The Hall–Kier alpha value is -3.08. The number of aromatic nitrogens is 2. The molecule has 9 nitrogen and oxygen atoms in total. The zero-order valence-electron chi connectivity index (χ0n) is 20.5. The van der Waals surface area contributed by atoms with Crippen molar-refractivity contribution in [2.75, 3.05) is 0 Å². The van der Waals surface area contributed by atoms with Crippen molar-refractivity contribution in [1.82, 2.24) is 19.0 Å². The minimum atomic E-state index is -3.99. The fourth-order valence-electron chi connectivity index (χ4n) is 4.76. The highest BCUT2D eigenvalue weighted by Crippen LogP contribution is 2.28. The molecule has 1 fully saturated rings. The summed E-state index contributed by atoms with van der Waals surface area (Å²) in [5.41, 5.74) is 0.668. The summed E-state index contributed by atoms with van der Waals surface area (Å²) in [4.78, 5) is 20.4. The summed E-state index contributed by atoms with van der Waals surface area (Å²) < 4.78 is 36.3. The average molecular weight is 513 g/mol. The van der Waals surface area contributed by atoms with Gasteiger partial charge in [0.1, 0.15) is 11.8 Å². The number of nitrogens with one attached hydrogen (secondary N) is 1. The molecule has 2 heterocycles. The molecule has 10 heteroatoms. The summed E-state index contributed by atoms with van der Waals surface area (Å²) in [6.45, 7) is 3.65. The van der Waals surface area contributed by atoms with E-state index < -0.39 is 22.2 Å². The number of hydrogen-bond donors (Lipinski definition) is 2.